The number of sulfonamides is 1. The summed E-state index contributed by atoms with van der Waals surface area (Å²) in [6.45, 7) is 1.81. The Morgan fingerprint density at radius 1 is 1.00 bits per heavy atom. The molecular formula is C26H33ClN6O7S. The molecule has 3 N–H and O–H groups in total. The summed E-state index contributed by atoms with van der Waals surface area (Å²) in [4.78, 5) is 20.0. The molecular weight excluding hydrogens is 576 g/mol. The Bertz CT molecular complexity index is 1460. The number of hydrogen-bond donors (Lipinski definition) is 3. The van der Waals surface area contributed by atoms with Crippen molar-refractivity contribution < 1.29 is 32.2 Å². The first kappa shape index (κ1) is 31.4. The third kappa shape index (κ3) is 8.17. The van der Waals surface area contributed by atoms with Gasteiger partial charge in [0.1, 0.15) is 10.8 Å². The molecule has 0 saturated carbocycles. The fraction of sp³-hybridized carbons (Fsp3) is 0.346. The second-order valence-corrected chi connectivity index (χ2v) is 10.9. The number of hydrogen-bond acceptors (Lipinski definition) is 11. The van der Waals surface area contributed by atoms with Crippen LogP contribution in [-0.2, 0) is 14.8 Å². The van der Waals surface area contributed by atoms with Crippen molar-refractivity contribution in [2.45, 2.75) is 13.3 Å². The zero-order valence-electron chi connectivity index (χ0n) is 23.6. The topological polar surface area (TPSA) is 153 Å². The second-order valence-electron chi connectivity index (χ2n) is 8.61. The number of halogens is 1. The van der Waals surface area contributed by atoms with E-state index in [0.29, 0.717) is 53.0 Å². The fourth-order valence-corrected chi connectivity index (χ4v) is 4.93. The van der Waals surface area contributed by atoms with Gasteiger partial charge in [-0.3, -0.25) is 9.10 Å². The average molecular weight is 609 g/mol. The lowest BCUT2D eigenvalue weighted by molar-refractivity contribution is -0.118. The molecule has 1 heterocycles. The van der Waals surface area contributed by atoms with E-state index < -0.39 is 10.0 Å². The number of nitrogens with zero attached hydrogens (tertiary/aromatic N) is 3. The van der Waals surface area contributed by atoms with Crippen LogP contribution >= 0.6 is 11.6 Å². The van der Waals surface area contributed by atoms with E-state index in [1.807, 2.05) is 0 Å². The largest absolute Gasteiger partial charge is 0.497 e. The van der Waals surface area contributed by atoms with Gasteiger partial charge in [-0.2, -0.15) is 4.98 Å². The lowest BCUT2D eigenvalue weighted by Gasteiger charge is -2.26. The van der Waals surface area contributed by atoms with Gasteiger partial charge in [-0.05, 0) is 18.6 Å². The van der Waals surface area contributed by atoms with Crippen molar-refractivity contribution in [1.82, 2.24) is 15.3 Å². The number of carbonyl (C=O) groups is 1. The molecule has 3 rings (SSSR count). The molecule has 0 bridgehead atoms. The summed E-state index contributed by atoms with van der Waals surface area (Å²) in [5, 5.41) is 9.07. The van der Waals surface area contributed by atoms with Gasteiger partial charge in [-0.25, -0.2) is 13.4 Å². The highest BCUT2D eigenvalue weighted by atomic mass is 35.5. The molecule has 0 aliphatic carbocycles. The minimum Gasteiger partial charge on any atom is -0.497 e. The molecule has 0 atom stereocenters. The Hall–Kier alpha value is -4.17. The third-order valence-electron chi connectivity index (χ3n) is 5.70. The average Bonchev–Trinajstić information content (AvgIpc) is 2.93. The summed E-state index contributed by atoms with van der Waals surface area (Å²) in [5.41, 5.74) is 1.26. The molecule has 0 radical (unpaired) electrons. The summed E-state index contributed by atoms with van der Waals surface area (Å²) in [5.74, 6) is 1.95. The molecule has 0 spiro atoms. The van der Waals surface area contributed by atoms with E-state index in [1.54, 1.807) is 30.3 Å². The molecule has 1 aromatic heterocycles. The SMILES string of the molecule is COc1ccc(Nc2nc(Nc3cc(OC)c(OC)c(OC)c3)ncc2Cl)c(N(CCCNC(C)=O)S(C)(=O)=O)c1. The summed E-state index contributed by atoms with van der Waals surface area (Å²) in [7, 11) is 2.28. The normalized spacial score (nSPS) is 10.9. The van der Waals surface area contributed by atoms with Gasteiger partial charge in [0.05, 0.1) is 52.3 Å². The summed E-state index contributed by atoms with van der Waals surface area (Å²) >= 11 is 6.43. The highest BCUT2D eigenvalue weighted by Crippen LogP contribution is 2.41. The van der Waals surface area contributed by atoms with Gasteiger partial charge in [0.25, 0.3) is 0 Å². The number of methoxy groups -OCH3 is 4. The van der Waals surface area contributed by atoms with E-state index in [1.165, 1.54) is 45.9 Å². The van der Waals surface area contributed by atoms with Crippen LogP contribution in [0.5, 0.6) is 23.0 Å². The van der Waals surface area contributed by atoms with E-state index >= 15 is 0 Å². The van der Waals surface area contributed by atoms with E-state index in [2.05, 4.69) is 25.9 Å². The number of benzene rings is 2. The predicted molar refractivity (Wildman–Crippen MR) is 158 cm³/mol. The Morgan fingerprint density at radius 2 is 1.68 bits per heavy atom. The lowest BCUT2D eigenvalue weighted by Crippen LogP contribution is -2.33. The number of amides is 1. The zero-order chi connectivity index (χ0) is 30.2. The summed E-state index contributed by atoms with van der Waals surface area (Å²) < 4.78 is 48.4. The number of anilines is 5. The van der Waals surface area contributed by atoms with Crippen molar-refractivity contribution in [1.29, 1.82) is 0 Å². The molecule has 222 valence electrons. The monoisotopic (exact) mass is 608 g/mol. The van der Waals surface area contributed by atoms with Crippen molar-refractivity contribution in [2.24, 2.45) is 0 Å². The summed E-state index contributed by atoms with van der Waals surface area (Å²) in [6, 6.07) is 8.31. The molecule has 15 heteroatoms. The van der Waals surface area contributed by atoms with Crippen LogP contribution in [0.3, 0.4) is 0 Å². The van der Waals surface area contributed by atoms with Gasteiger partial charge < -0.3 is 34.9 Å². The Morgan fingerprint density at radius 3 is 2.24 bits per heavy atom. The quantitative estimate of drug-likeness (QED) is 0.228. The predicted octanol–water partition coefficient (Wildman–Crippen LogP) is 3.94. The van der Waals surface area contributed by atoms with Crippen LogP contribution in [0.25, 0.3) is 0 Å². The standard InChI is InChI=1S/C26H33ClN6O7S/c1-16(34)28-10-7-11-33(41(6,35)36)21-14-18(37-2)8-9-20(21)31-25-19(27)15-29-26(32-25)30-17-12-22(38-3)24(40-5)23(13-17)39-4/h8-9,12-15H,7,10-11H2,1-6H3,(H,28,34)(H2,29,30,31,32). The highest BCUT2D eigenvalue weighted by molar-refractivity contribution is 7.92. The molecule has 2 aromatic carbocycles. The number of ether oxygens (including phenoxy) is 4. The van der Waals surface area contributed by atoms with Crippen LogP contribution in [-0.4, -0.2) is 72.1 Å². The number of rotatable bonds is 14. The molecule has 0 aliphatic rings. The van der Waals surface area contributed by atoms with Gasteiger partial charge in [0, 0.05) is 43.9 Å². The molecule has 0 aliphatic heterocycles. The highest BCUT2D eigenvalue weighted by Gasteiger charge is 2.22. The molecule has 13 nitrogen and oxygen atoms in total. The van der Waals surface area contributed by atoms with Crippen molar-refractivity contribution >= 4 is 56.4 Å². The first-order valence-corrected chi connectivity index (χ1v) is 14.5. The molecule has 41 heavy (non-hydrogen) atoms. The molecule has 1 amide bonds. The van der Waals surface area contributed by atoms with Crippen LogP contribution in [0.1, 0.15) is 13.3 Å². The van der Waals surface area contributed by atoms with Gasteiger partial charge in [-0.1, -0.05) is 11.6 Å². The van der Waals surface area contributed by atoms with E-state index in [-0.39, 0.29) is 29.2 Å². The Kier molecular flexibility index (Phi) is 10.7. The minimum atomic E-state index is -3.72. The maximum absolute atomic E-state index is 12.8. The van der Waals surface area contributed by atoms with Crippen molar-refractivity contribution in [3.63, 3.8) is 0 Å². The Labute approximate surface area is 244 Å². The maximum atomic E-state index is 12.8. The number of carbonyl (C=O) groups excluding carboxylic acids is 1. The lowest BCUT2D eigenvalue weighted by atomic mass is 10.2. The minimum absolute atomic E-state index is 0.104. The van der Waals surface area contributed by atoms with Crippen LogP contribution in [0, 0.1) is 0 Å². The van der Waals surface area contributed by atoms with Crippen LogP contribution in [0.15, 0.2) is 36.5 Å². The number of aromatic nitrogens is 2. The smallest absolute Gasteiger partial charge is 0.232 e. The van der Waals surface area contributed by atoms with E-state index in [0.717, 1.165) is 6.26 Å². The first-order chi connectivity index (χ1) is 19.5. The molecule has 3 aromatic rings. The van der Waals surface area contributed by atoms with Crippen molar-refractivity contribution in [3.8, 4) is 23.0 Å². The second kappa shape index (κ2) is 13.9. The fourth-order valence-electron chi connectivity index (χ4n) is 3.83. The Balaban J connectivity index is 1.96. The molecule has 0 unspecified atom stereocenters. The first-order valence-electron chi connectivity index (χ1n) is 12.3. The summed E-state index contributed by atoms with van der Waals surface area (Å²) in [6.07, 6.45) is 2.88. The molecule has 0 saturated heterocycles. The van der Waals surface area contributed by atoms with Gasteiger partial charge >= 0.3 is 0 Å². The van der Waals surface area contributed by atoms with E-state index in [4.69, 9.17) is 30.5 Å². The third-order valence-corrected chi connectivity index (χ3v) is 7.16. The van der Waals surface area contributed by atoms with Gasteiger partial charge in [0.15, 0.2) is 17.3 Å². The molecule has 0 fully saturated rings. The van der Waals surface area contributed by atoms with Crippen molar-refractivity contribution in [3.05, 3.63) is 41.6 Å². The van der Waals surface area contributed by atoms with Crippen LogP contribution < -0.4 is 39.2 Å². The van der Waals surface area contributed by atoms with E-state index in [9.17, 15) is 13.2 Å². The van der Waals surface area contributed by atoms with Gasteiger partial charge in [-0.15, -0.1) is 0 Å². The van der Waals surface area contributed by atoms with Crippen LogP contribution in [0.2, 0.25) is 5.02 Å². The van der Waals surface area contributed by atoms with Gasteiger partial charge in [0.2, 0.25) is 27.6 Å². The zero-order valence-corrected chi connectivity index (χ0v) is 25.1. The van der Waals surface area contributed by atoms with Crippen molar-refractivity contribution in [2.75, 3.05) is 62.7 Å². The maximum Gasteiger partial charge on any atom is 0.232 e. The number of nitrogens with one attached hydrogen (secondary N) is 3. The van der Waals surface area contributed by atoms with Crippen LogP contribution in [0.4, 0.5) is 28.8 Å².